The van der Waals surface area contributed by atoms with Crippen LogP contribution in [0.2, 0.25) is 10.0 Å². The third kappa shape index (κ3) is 4.78. The summed E-state index contributed by atoms with van der Waals surface area (Å²) < 4.78 is 30.0. The van der Waals surface area contributed by atoms with Gasteiger partial charge in [0.15, 0.2) is 0 Å². The van der Waals surface area contributed by atoms with E-state index in [0.717, 1.165) is 5.41 Å². The lowest BCUT2D eigenvalue weighted by Gasteiger charge is -2.33. The fraction of sp³-hybridized carbons (Fsp3) is 0.400. The van der Waals surface area contributed by atoms with Crippen molar-refractivity contribution in [2.24, 2.45) is 0 Å². The zero-order chi connectivity index (χ0) is 18.6. The molecule has 0 spiro atoms. The summed E-state index contributed by atoms with van der Waals surface area (Å²) in [6, 6.07) is 3.15. The van der Waals surface area contributed by atoms with Gasteiger partial charge in [-0.15, -0.1) is 0 Å². The summed E-state index contributed by atoms with van der Waals surface area (Å²) in [7, 11) is -1.95. The van der Waals surface area contributed by atoms with Gasteiger partial charge in [0, 0.05) is 37.7 Å². The van der Waals surface area contributed by atoms with E-state index in [1.807, 2.05) is 0 Å². The van der Waals surface area contributed by atoms with E-state index in [4.69, 9.17) is 27.9 Å². The summed E-state index contributed by atoms with van der Waals surface area (Å²) >= 11 is 11.9. The second kappa shape index (κ2) is 8.27. The molecule has 25 heavy (non-hydrogen) atoms. The number of carbonyl (C=O) groups excluding carboxylic acids is 1. The van der Waals surface area contributed by atoms with Crippen LogP contribution in [0.1, 0.15) is 0 Å². The van der Waals surface area contributed by atoms with Gasteiger partial charge in [0.05, 0.1) is 29.4 Å². The molecular formula is C15H19Cl2N3O4S. The average Bonchev–Trinajstić information content (AvgIpc) is 2.62. The third-order valence-electron chi connectivity index (χ3n) is 3.83. The predicted octanol–water partition coefficient (Wildman–Crippen LogP) is 2.03. The number of anilines is 1. The topological polar surface area (TPSA) is 79.0 Å². The van der Waals surface area contributed by atoms with E-state index in [1.54, 1.807) is 17.0 Å². The van der Waals surface area contributed by atoms with Crippen LogP contribution in [0, 0.1) is 0 Å². The molecular weight excluding hydrogens is 389 g/mol. The molecule has 1 heterocycles. The van der Waals surface area contributed by atoms with Gasteiger partial charge >= 0.3 is 0 Å². The second-order valence-corrected chi connectivity index (χ2v) is 8.01. The SMILES string of the molecule is C=CS(=O)(=O)N1CCN(C(=O)CNc2cc(Cl)c(Cl)cc2OC)CC1. The van der Waals surface area contributed by atoms with E-state index in [2.05, 4.69) is 11.9 Å². The van der Waals surface area contributed by atoms with Crippen molar-refractivity contribution in [1.29, 1.82) is 0 Å². The number of methoxy groups -OCH3 is 1. The molecule has 0 radical (unpaired) electrons. The lowest BCUT2D eigenvalue weighted by atomic mass is 10.2. The lowest BCUT2D eigenvalue weighted by Crippen LogP contribution is -2.51. The summed E-state index contributed by atoms with van der Waals surface area (Å²) in [6.07, 6.45) is 0. The first-order chi connectivity index (χ1) is 11.8. The molecule has 0 aliphatic carbocycles. The maximum absolute atomic E-state index is 12.3. The van der Waals surface area contributed by atoms with Crippen molar-refractivity contribution < 1.29 is 17.9 Å². The Hall–Kier alpha value is -1.48. The van der Waals surface area contributed by atoms with Crippen molar-refractivity contribution in [3.05, 3.63) is 34.2 Å². The number of benzene rings is 1. The molecule has 1 aromatic carbocycles. The molecule has 0 atom stereocenters. The zero-order valence-corrected chi connectivity index (χ0v) is 16.0. The van der Waals surface area contributed by atoms with Gasteiger partial charge in [-0.1, -0.05) is 29.8 Å². The summed E-state index contributed by atoms with van der Waals surface area (Å²) in [6.45, 7) is 4.48. The Balaban J connectivity index is 1.94. The van der Waals surface area contributed by atoms with Crippen molar-refractivity contribution in [3.63, 3.8) is 0 Å². The molecule has 1 aromatic rings. The largest absolute Gasteiger partial charge is 0.495 e. The van der Waals surface area contributed by atoms with E-state index >= 15 is 0 Å². The Morgan fingerprint density at radius 3 is 2.44 bits per heavy atom. The molecule has 1 amide bonds. The maximum atomic E-state index is 12.3. The van der Waals surface area contributed by atoms with Crippen molar-refractivity contribution in [2.45, 2.75) is 0 Å². The van der Waals surface area contributed by atoms with E-state index in [1.165, 1.54) is 11.4 Å². The standard InChI is InChI=1S/C15H19Cl2N3O4S/c1-3-25(22,23)20-6-4-19(5-7-20)15(21)10-18-13-8-11(16)12(17)9-14(13)24-2/h3,8-9,18H,1,4-7,10H2,2H3. The molecule has 1 saturated heterocycles. The molecule has 0 bridgehead atoms. The molecule has 1 aliphatic rings. The molecule has 1 fully saturated rings. The Bertz CT molecular complexity index is 762. The number of halogens is 2. The van der Waals surface area contributed by atoms with Gasteiger partial charge in [0.2, 0.25) is 15.9 Å². The van der Waals surface area contributed by atoms with Crippen LogP contribution in [0.3, 0.4) is 0 Å². The summed E-state index contributed by atoms with van der Waals surface area (Å²) in [5.41, 5.74) is 0.554. The van der Waals surface area contributed by atoms with Gasteiger partial charge in [0.1, 0.15) is 5.75 Å². The van der Waals surface area contributed by atoms with Gasteiger partial charge in [-0.3, -0.25) is 4.79 Å². The number of hydrogen-bond acceptors (Lipinski definition) is 5. The van der Waals surface area contributed by atoms with Gasteiger partial charge in [-0.2, -0.15) is 4.31 Å². The molecule has 2 rings (SSSR count). The fourth-order valence-corrected chi connectivity index (χ4v) is 3.62. The Kier molecular flexibility index (Phi) is 6.56. The minimum atomic E-state index is -3.44. The van der Waals surface area contributed by atoms with Crippen molar-refractivity contribution in [3.8, 4) is 5.75 Å². The summed E-state index contributed by atoms with van der Waals surface area (Å²) in [5, 5.41) is 4.60. The van der Waals surface area contributed by atoms with E-state index in [-0.39, 0.29) is 25.5 Å². The van der Waals surface area contributed by atoms with Gasteiger partial charge in [0.25, 0.3) is 0 Å². The van der Waals surface area contributed by atoms with Crippen LogP contribution >= 0.6 is 23.2 Å². The van der Waals surface area contributed by atoms with Crippen LogP contribution in [0.25, 0.3) is 0 Å². The van der Waals surface area contributed by atoms with E-state index in [9.17, 15) is 13.2 Å². The highest BCUT2D eigenvalue weighted by Crippen LogP contribution is 2.34. The number of amides is 1. The van der Waals surface area contributed by atoms with Crippen LogP contribution in [0.4, 0.5) is 5.69 Å². The molecule has 0 unspecified atom stereocenters. The first-order valence-electron chi connectivity index (χ1n) is 7.45. The van der Waals surface area contributed by atoms with Gasteiger partial charge in [-0.05, 0) is 6.07 Å². The second-order valence-electron chi connectivity index (χ2n) is 5.31. The molecule has 0 aromatic heterocycles. The monoisotopic (exact) mass is 407 g/mol. The first-order valence-corrected chi connectivity index (χ1v) is 9.71. The Labute approximate surface area is 157 Å². The van der Waals surface area contributed by atoms with E-state index < -0.39 is 10.0 Å². The molecule has 0 saturated carbocycles. The number of sulfonamides is 1. The third-order valence-corrected chi connectivity index (χ3v) is 6.06. The minimum Gasteiger partial charge on any atom is -0.495 e. The number of nitrogens with zero attached hydrogens (tertiary/aromatic N) is 2. The first kappa shape index (κ1) is 19.8. The molecule has 1 N–H and O–H groups in total. The summed E-state index contributed by atoms with van der Waals surface area (Å²) in [4.78, 5) is 13.9. The van der Waals surface area contributed by atoms with Crippen LogP contribution in [0.5, 0.6) is 5.75 Å². The quantitative estimate of drug-likeness (QED) is 0.780. The average molecular weight is 408 g/mol. The number of piperazine rings is 1. The van der Waals surface area contributed by atoms with Crippen LogP contribution in [-0.4, -0.2) is 63.4 Å². The van der Waals surface area contributed by atoms with Crippen LogP contribution in [0.15, 0.2) is 24.1 Å². The smallest absolute Gasteiger partial charge is 0.241 e. The highest BCUT2D eigenvalue weighted by molar-refractivity contribution is 7.92. The number of ether oxygens (including phenoxy) is 1. The molecule has 138 valence electrons. The Morgan fingerprint density at radius 2 is 1.88 bits per heavy atom. The molecule has 1 aliphatic heterocycles. The fourth-order valence-electron chi connectivity index (χ4n) is 2.42. The highest BCUT2D eigenvalue weighted by Gasteiger charge is 2.26. The van der Waals surface area contributed by atoms with Crippen LogP contribution < -0.4 is 10.1 Å². The Morgan fingerprint density at radius 1 is 1.28 bits per heavy atom. The molecule has 10 heteroatoms. The van der Waals surface area contributed by atoms with Crippen molar-refractivity contribution >= 4 is 44.8 Å². The number of nitrogens with one attached hydrogen (secondary N) is 1. The predicted molar refractivity (Wildman–Crippen MR) is 98.8 cm³/mol. The number of hydrogen-bond donors (Lipinski definition) is 1. The summed E-state index contributed by atoms with van der Waals surface area (Å²) in [5.74, 6) is 0.327. The molecule has 7 nitrogen and oxygen atoms in total. The van der Waals surface area contributed by atoms with Gasteiger partial charge < -0.3 is 15.0 Å². The van der Waals surface area contributed by atoms with Crippen molar-refractivity contribution in [2.75, 3.05) is 45.2 Å². The van der Waals surface area contributed by atoms with Crippen LogP contribution in [-0.2, 0) is 14.8 Å². The highest BCUT2D eigenvalue weighted by atomic mass is 35.5. The van der Waals surface area contributed by atoms with E-state index in [0.29, 0.717) is 34.6 Å². The normalized spacial score (nSPS) is 15.7. The number of carbonyl (C=O) groups is 1. The number of rotatable bonds is 6. The lowest BCUT2D eigenvalue weighted by molar-refractivity contribution is -0.130. The zero-order valence-electron chi connectivity index (χ0n) is 13.7. The van der Waals surface area contributed by atoms with Gasteiger partial charge in [-0.25, -0.2) is 8.42 Å². The maximum Gasteiger partial charge on any atom is 0.241 e. The van der Waals surface area contributed by atoms with Crippen molar-refractivity contribution in [1.82, 2.24) is 9.21 Å². The minimum absolute atomic E-state index is 0.0303.